The van der Waals surface area contributed by atoms with Crippen molar-refractivity contribution in [1.82, 2.24) is 9.69 Å². The quantitative estimate of drug-likeness (QED) is 0.751. The Bertz CT molecular complexity index is 881. The number of fused-ring (bicyclic) bond motifs is 1. The molecule has 26 heavy (non-hydrogen) atoms. The Kier molecular flexibility index (Phi) is 5.02. The molecule has 1 aliphatic heterocycles. The molecule has 0 bridgehead atoms. The van der Waals surface area contributed by atoms with E-state index in [1.54, 1.807) is 0 Å². The average molecular weight is 367 g/mol. The van der Waals surface area contributed by atoms with E-state index in [1.807, 2.05) is 42.5 Å². The molecule has 1 atom stereocenters. The third-order valence-corrected chi connectivity index (χ3v) is 5.43. The van der Waals surface area contributed by atoms with Crippen molar-refractivity contribution in [1.29, 1.82) is 0 Å². The Hall–Kier alpha value is -2.60. The standard InChI is InChI=1S/C20H21N3O2S/c24-20(25-14-15-7-2-1-3-8-15)21-16-9-6-12-23(13-16)19-17-10-4-5-11-18(17)26-22-19/h1-5,7-8,10-11,16H,6,9,12-14H2,(H,21,24). The highest BCUT2D eigenvalue weighted by molar-refractivity contribution is 7.13. The van der Waals surface area contributed by atoms with Crippen LogP contribution < -0.4 is 10.2 Å². The van der Waals surface area contributed by atoms with Crippen LogP contribution in [-0.2, 0) is 11.3 Å². The number of nitrogens with one attached hydrogen (secondary N) is 1. The van der Waals surface area contributed by atoms with Gasteiger partial charge >= 0.3 is 6.09 Å². The normalized spacial score (nSPS) is 17.2. The van der Waals surface area contributed by atoms with Crippen molar-refractivity contribution in [2.24, 2.45) is 0 Å². The lowest BCUT2D eigenvalue weighted by Gasteiger charge is -2.33. The first-order chi connectivity index (χ1) is 12.8. The molecule has 2 aromatic carbocycles. The molecule has 1 unspecified atom stereocenters. The fraction of sp³-hybridized carbons (Fsp3) is 0.300. The zero-order valence-corrected chi connectivity index (χ0v) is 15.2. The van der Waals surface area contributed by atoms with E-state index in [9.17, 15) is 4.79 Å². The number of carbonyl (C=O) groups is 1. The summed E-state index contributed by atoms with van der Waals surface area (Å²) in [6, 6.07) is 18.1. The van der Waals surface area contributed by atoms with Gasteiger partial charge in [-0.15, -0.1) is 0 Å². The monoisotopic (exact) mass is 367 g/mol. The third-order valence-electron chi connectivity index (χ3n) is 4.61. The van der Waals surface area contributed by atoms with Gasteiger partial charge < -0.3 is 15.0 Å². The molecule has 0 saturated carbocycles. The van der Waals surface area contributed by atoms with Crippen molar-refractivity contribution in [3.05, 3.63) is 60.2 Å². The Labute approximate surface area is 156 Å². The molecule has 4 rings (SSSR count). The molecule has 0 radical (unpaired) electrons. The van der Waals surface area contributed by atoms with E-state index in [2.05, 4.69) is 26.7 Å². The van der Waals surface area contributed by atoms with E-state index in [4.69, 9.17) is 4.74 Å². The highest BCUT2D eigenvalue weighted by Crippen LogP contribution is 2.30. The predicted molar refractivity (Wildman–Crippen MR) is 105 cm³/mol. The van der Waals surface area contributed by atoms with Crippen LogP contribution in [0.5, 0.6) is 0 Å². The number of alkyl carbamates (subject to hydrolysis) is 1. The maximum Gasteiger partial charge on any atom is 0.407 e. The highest BCUT2D eigenvalue weighted by atomic mass is 32.1. The van der Waals surface area contributed by atoms with Gasteiger partial charge in [0.1, 0.15) is 12.4 Å². The fourth-order valence-electron chi connectivity index (χ4n) is 3.32. The summed E-state index contributed by atoms with van der Waals surface area (Å²) in [4.78, 5) is 14.4. The summed E-state index contributed by atoms with van der Waals surface area (Å²) in [5, 5.41) is 4.19. The number of amides is 1. The largest absolute Gasteiger partial charge is 0.445 e. The lowest BCUT2D eigenvalue weighted by Crippen LogP contribution is -2.48. The Morgan fingerprint density at radius 2 is 2.00 bits per heavy atom. The van der Waals surface area contributed by atoms with Gasteiger partial charge in [0.05, 0.1) is 4.70 Å². The minimum atomic E-state index is -0.358. The van der Waals surface area contributed by atoms with E-state index >= 15 is 0 Å². The second-order valence-electron chi connectivity index (χ2n) is 6.49. The second kappa shape index (κ2) is 7.74. The Morgan fingerprint density at radius 1 is 1.19 bits per heavy atom. The smallest absolute Gasteiger partial charge is 0.407 e. The van der Waals surface area contributed by atoms with Crippen LogP contribution in [0.3, 0.4) is 0 Å². The van der Waals surface area contributed by atoms with Crippen molar-refractivity contribution >= 4 is 33.5 Å². The van der Waals surface area contributed by atoms with Gasteiger partial charge in [-0.05, 0) is 42.1 Å². The summed E-state index contributed by atoms with van der Waals surface area (Å²) in [6.45, 7) is 2.01. The summed E-state index contributed by atoms with van der Waals surface area (Å²) in [5.74, 6) is 1.02. The van der Waals surface area contributed by atoms with Crippen LogP contribution in [0.4, 0.5) is 10.6 Å². The van der Waals surface area contributed by atoms with Gasteiger partial charge in [0, 0.05) is 24.5 Å². The van der Waals surface area contributed by atoms with Gasteiger partial charge in [0.25, 0.3) is 0 Å². The number of rotatable bonds is 4. The maximum atomic E-state index is 12.1. The third kappa shape index (κ3) is 3.80. The first-order valence-corrected chi connectivity index (χ1v) is 9.63. The molecule has 1 N–H and O–H groups in total. The number of aromatic nitrogens is 1. The van der Waals surface area contributed by atoms with Gasteiger partial charge in [0.15, 0.2) is 0 Å². The van der Waals surface area contributed by atoms with Crippen molar-refractivity contribution < 1.29 is 9.53 Å². The van der Waals surface area contributed by atoms with Crippen LogP contribution in [0.2, 0.25) is 0 Å². The number of carbonyl (C=O) groups excluding carboxylic acids is 1. The van der Waals surface area contributed by atoms with Crippen LogP contribution in [0.15, 0.2) is 54.6 Å². The first kappa shape index (κ1) is 16.8. The molecular weight excluding hydrogens is 346 g/mol. The van der Waals surface area contributed by atoms with Crippen molar-refractivity contribution in [3.63, 3.8) is 0 Å². The number of hydrogen-bond donors (Lipinski definition) is 1. The molecule has 6 heteroatoms. The van der Waals surface area contributed by atoms with Crippen LogP contribution in [0, 0.1) is 0 Å². The summed E-state index contributed by atoms with van der Waals surface area (Å²) in [7, 11) is 0. The van der Waals surface area contributed by atoms with Gasteiger partial charge in [-0.2, -0.15) is 4.37 Å². The maximum absolute atomic E-state index is 12.1. The summed E-state index contributed by atoms with van der Waals surface area (Å²) in [6.07, 6.45) is 1.62. The molecule has 2 heterocycles. The molecule has 1 saturated heterocycles. The molecule has 3 aromatic rings. The molecular formula is C20H21N3O2S. The topological polar surface area (TPSA) is 54.5 Å². The number of anilines is 1. The molecule has 1 fully saturated rings. The van der Waals surface area contributed by atoms with Gasteiger partial charge in [-0.25, -0.2) is 4.79 Å². The van der Waals surface area contributed by atoms with Crippen molar-refractivity contribution in [3.8, 4) is 0 Å². The highest BCUT2D eigenvalue weighted by Gasteiger charge is 2.24. The van der Waals surface area contributed by atoms with Gasteiger partial charge in [0.2, 0.25) is 0 Å². The lowest BCUT2D eigenvalue weighted by atomic mass is 10.1. The summed E-state index contributed by atoms with van der Waals surface area (Å²) in [5.41, 5.74) is 0.988. The van der Waals surface area contributed by atoms with Crippen LogP contribution >= 0.6 is 11.5 Å². The Balaban J connectivity index is 1.35. The van der Waals surface area contributed by atoms with Crippen LogP contribution in [0.25, 0.3) is 10.1 Å². The van der Waals surface area contributed by atoms with E-state index < -0.39 is 0 Å². The Morgan fingerprint density at radius 3 is 2.88 bits per heavy atom. The number of nitrogens with zero attached hydrogens (tertiary/aromatic N) is 2. The minimum absolute atomic E-state index is 0.0764. The number of piperidine rings is 1. The summed E-state index contributed by atoms with van der Waals surface area (Å²) >= 11 is 1.52. The van der Waals surface area contributed by atoms with E-state index in [1.165, 1.54) is 21.6 Å². The number of benzene rings is 2. The number of ether oxygens (including phenoxy) is 1. The molecule has 134 valence electrons. The number of hydrogen-bond acceptors (Lipinski definition) is 5. The van der Waals surface area contributed by atoms with E-state index in [0.29, 0.717) is 6.61 Å². The van der Waals surface area contributed by atoms with Crippen molar-refractivity contribution in [2.75, 3.05) is 18.0 Å². The molecule has 1 aliphatic rings. The second-order valence-corrected chi connectivity index (χ2v) is 7.30. The SMILES string of the molecule is O=C(NC1CCCN(c2nsc3ccccc23)C1)OCc1ccccc1. The molecule has 5 nitrogen and oxygen atoms in total. The molecule has 0 spiro atoms. The summed E-state index contributed by atoms with van der Waals surface area (Å²) < 4.78 is 11.2. The molecule has 1 aromatic heterocycles. The van der Waals surface area contributed by atoms with E-state index in [-0.39, 0.29) is 12.1 Å². The predicted octanol–water partition coefficient (Wildman–Crippen LogP) is 4.19. The molecule has 1 amide bonds. The van der Waals surface area contributed by atoms with Gasteiger partial charge in [-0.1, -0.05) is 42.5 Å². The zero-order chi connectivity index (χ0) is 17.8. The first-order valence-electron chi connectivity index (χ1n) is 8.86. The minimum Gasteiger partial charge on any atom is -0.445 e. The van der Waals surface area contributed by atoms with Gasteiger partial charge in [-0.3, -0.25) is 0 Å². The van der Waals surface area contributed by atoms with Crippen molar-refractivity contribution in [2.45, 2.75) is 25.5 Å². The fourth-order valence-corrected chi connectivity index (χ4v) is 4.12. The zero-order valence-electron chi connectivity index (χ0n) is 14.4. The van der Waals surface area contributed by atoms with Crippen LogP contribution in [0.1, 0.15) is 18.4 Å². The van der Waals surface area contributed by atoms with E-state index in [0.717, 1.165) is 37.3 Å². The lowest BCUT2D eigenvalue weighted by molar-refractivity contribution is 0.134. The average Bonchev–Trinajstić information content (AvgIpc) is 3.12. The van der Waals surface area contributed by atoms with Crippen LogP contribution in [-0.4, -0.2) is 29.6 Å². The molecule has 0 aliphatic carbocycles.